The number of piperidine rings is 2. The van der Waals surface area contributed by atoms with E-state index in [9.17, 15) is 0 Å². The molecule has 3 fully saturated rings. The molecule has 5 nitrogen and oxygen atoms in total. The van der Waals surface area contributed by atoms with Gasteiger partial charge in [-0.2, -0.15) is 0 Å². The number of aliphatic hydroxyl groups excluding tert-OH is 1. The Morgan fingerprint density at radius 3 is 1.58 bits per heavy atom. The summed E-state index contributed by atoms with van der Waals surface area (Å²) in [7, 11) is 2.25. The molecule has 140 valence electrons. The van der Waals surface area contributed by atoms with Crippen molar-refractivity contribution < 1.29 is 5.11 Å². The van der Waals surface area contributed by atoms with Gasteiger partial charge in [0.15, 0.2) is 0 Å². The van der Waals surface area contributed by atoms with E-state index in [1.54, 1.807) is 0 Å². The molecule has 0 saturated carbocycles. The van der Waals surface area contributed by atoms with Gasteiger partial charge in [-0.25, -0.2) is 0 Å². The van der Waals surface area contributed by atoms with Gasteiger partial charge in [0.25, 0.3) is 0 Å². The molecule has 0 bridgehead atoms. The lowest BCUT2D eigenvalue weighted by Gasteiger charge is -2.40. The Morgan fingerprint density at radius 2 is 1.12 bits per heavy atom. The maximum Gasteiger partial charge on any atom is 0.0558 e. The summed E-state index contributed by atoms with van der Waals surface area (Å²) < 4.78 is 0. The second-order valence-corrected chi connectivity index (χ2v) is 8.36. The van der Waals surface area contributed by atoms with Crippen LogP contribution in [0.3, 0.4) is 0 Å². The SMILES string of the molecule is CN1CCC(CN2CCN(CC3CCN(CCO)CC3)CC2)CC1. The Kier molecular flexibility index (Phi) is 7.35. The van der Waals surface area contributed by atoms with E-state index in [4.69, 9.17) is 5.11 Å². The lowest BCUT2D eigenvalue weighted by molar-refractivity contribution is 0.0756. The molecule has 3 saturated heterocycles. The number of rotatable bonds is 6. The molecule has 0 atom stereocenters. The van der Waals surface area contributed by atoms with Crippen molar-refractivity contribution in [2.24, 2.45) is 11.8 Å². The second kappa shape index (κ2) is 9.48. The molecule has 3 rings (SSSR count). The van der Waals surface area contributed by atoms with Crippen LogP contribution in [0.4, 0.5) is 0 Å². The fourth-order valence-corrected chi connectivity index (χ4v) is 4.66. The average molecular weight is 339 g/mol. The predicted octanol–water partition coefficient (Wildman–Crippen LogP) is 0.650. The van der Waals surface area contributed by atoms with Gasteiger partial charge in [-0.1, -0.05) is 0 Å². The van der Waals surface area contributed by atoms with Crippen LogP contribution in [0.2, 0.25) is 0 Å². The zero-order valence-electron chi connectivity index (χ0n) is 15.7. The third-order valence-electron chi connectivity index (χ3n) is 6.46. The number of likely N-dealkylation sites (tertiary alicyclic amines) is 2. The van der Waals surface area contributed by atoms with Crippen LogP contribution in [-0.4, -0.2) is 110 Å². The van der Waals surface area contributed by atoms with Gasteiger partial charge in [0.05, 0.1) is 6.61 Å². The maximum absolute atomic E-state index is 9.04. The number of hydrogen-bond acceptors (Lipinski definition) is 5. The summed E-state index contributed by atoms with van der Waals surface area (Å²) in [5.41, 5.74) is 0. The number of β-amino-alcohol motifs (C(OH)–C–C–N with tert-alkyl or cyclic N) is 1. The van der Waals surface area contributed by atoms with Crippen LogP contribution < -0.4 is 0 Å². The van der Waals surface area contributed by atoms with Crippen LogP contribution in [-0.2, 0) is 0 Å². The van der Waals surface area contributed by atoms with Gasteiger partial charge in [0.2, 0.25) is 0 Å². The molecule has 0 radical (unpaired) electrons. The van der Waals surface area contributed by atoms with Crippen molar-refractivity contribution in [3.63, 3.8) is 0 Å². The molecule has 1 N–H and O–H groups in total. The Bertz CT molecular complexity index is 343. The summed E-state index contributed by atoms with van der Waals surface area (Å²) in [6.07, 6.45) is 5.41. The van der Waals surface area contributed by atoms with Crippen molar-refractivity contribution in [3.05, 3.63) is 0 Å². The zero-order chi connectivity index (χ0) is 16.8. The van der Waals surface area contributed by atoms with E-state index >= 15 is 0 Å². The van der Waals surface area contributed by atoms with Crippen molar-refractivity contribution in [3.8, 4) is 0 Å². The molecule has 0 spiro atoms. The third kappa shape index (κ3) is 5.67. The Hall–Kier alpha value is -0.200. The number of hydrogen-bond donors (Lipinski definition) is 1. The summed E-state index contributed by atoms with van der Waals surface area (Å²) in [4.78, 5) is 10.3. The lowest BCUT2D eigenvalue weighted by Crippen LogP contribution is -2.50. The zero-order valence-corrected chi connectivity index (χ0v) is 15.7. The second-order valence-electron chi connectivity index (χ2n) is 8.36. The van der Waals surface area contributed by atoms with E-state index < -0.39 is 0 Å². The normalized spacial score (nSPS) is 27.8. The first-order valence-electron chi connectivity index (χ1n) is 10.2. The molecular formula is C19H38N4O. The monoisotopic (exact) mass is 338 g/mol. The van der Waals surface area contributed by atoms with Gasteiger partial charge in [-0.3, -0.25) is 0 Å². The molecule has 3 aliphatic rings. The number of aliphatic hydroxyl groups is 1. The van der Waals surface area contributed by atoms with Crippen molar-refractivity contribution in [1.29, 1.82) is 0 Å². The quantitative estimate of drug-likeness (QED) is 0.769. The van der Waals surface area contributed by atoms with E-state index in [1.165, 1.54) is 91.1 Å². The molecule has 0 aromatic rings. The predicted molar refractivity (Wildman–Crippen MR) is 99.4 cm³/mol. The van der Waals surface area contributed by atoms with Gasteiger partial charge < -0.3 is 24.7 Å². The minimum absolute atomic E-state index is 0.309. The van der Waals surface area contributed by atoms with Crippen LogP contribution >= 0.6 is 0 Å². The van der Waals surface area contributed by atoms with Crippen molar-refractivity contribution >= 4 is 0 Å². The van der Waals surface area contributed by atoms with Crippen molar-refractivity contribution in [2.75, 3.05) is 85.6 Å². The molecule has 3 aliphatic heterocycles. The number of piperazine rings is 1. The van der Waals surface area contributed by atoms with Crippen LogP contribution in [0.5, 0.6) is 0 Å². The third-order valence-corrected chi connectivity index (χ3v) is 6.46. The fourth-order valence-electron chi connectivity index (χ4n) is 4.66. The largest absolute Gasteiger partial charge is 0.395 e. The van der Waals surface area contributed by atoms with E-state index in [0.717, 1.165) is 18.4 Å². The molecule has 5 heteroatoms. The molecular weight excluding hydrogens is 300 g/mol. The molecule has 0 unspecified atom stereocenters. The average Bonchev–Trinajstić information content (AvgIpc) is 2.61. The van der Waals surface area contributed by atoms with Crippen molar-refractivity contribution in [2.45, 2.75) is 25.7 Å². The first kappa shape index (κ1) is 18.6. The summed E-state index contributed by atoms with van der Waals surface area (Å²) in [6, 6.07) is 0. The maximum atomic E-state index is 9.04. The van der Waals surface area contributed by atoms with Crippen LogP contribution in [0.25, 0.3) is 0 Å². The van der Waals surface area contributed by atoms with Gasteiger partial charge in [0.1, 0.15) is 0 Å². The lowest BCUT2D eigenvalue weighted by atomic mass is 9.95. The summed E-state index contributed by atoms with van der Waals surface area (Å²) in [6.45, 7) is 13.8. The Morgan fingerprint density at radius 1 is 0.667 bits per heavy atom. The first-order valence-corrected chi connectivity index (χ1v) is 10.2. The Labute approximate surface area is 148 Å². The fraction of sp³-hybridized carbons (Fsp3) is 1.00. The highest BCUT2D eigenvalue weighted by molar-refractivity contribution is 4.80. The van der Waals surface area contributed by atoms with E-state index in [0.29, 0.717) is 6.61 Å². The smallest absolute Gasteiger partial charge is 0.0558 e. The van der Waals surface area contributed by atoms with Crippen LogP contribution in [0, 0.1) is 11.8 Å². The summed E-state index contributed by atoms with van der Waals surface area (Å²) >= 11 is 0. The highest BCUT2D eigenvalue weighted by Crippen LogP contribution is 2.21. The van der Waals surface area contributed by atoms with Gasteiger partial charge in [0, 0.05) is 45.8 Å². The molecule has 24 heavy (non-hydrogen) atoms. The molecule has 3 heterocycles. The van der Waals surface area contributed by atoms with E-state index in [-0.39, 0.29) is 0 Å². The van der Waals surface area contributed by atoms with Crippen LogP contribution in [0.1, 0.15) is 25.7 Å². The molecule has 0 amide bonds. The van der Waals surface area contributed by atoms with E-state index in [2.05, 4.69) is 26.6 Å². The highest BCUT2D eigenvalue weighted by Gasteiger charge is 2.25. The molecule has 0 aromatic carbocycles. The van der Waals surface area contributed by atoms with Gasteiger partial charge in [-0.15, -0.1) is 0 Å². The van der Waals surface area contributed by atoms with Gasteiger partial charge >= 0.3 is 0 Å². The van der Waals surface area contributed by atoms with E-state index in [1.807, 2.05) is 0 Å². The summed E-state index contributed by atoms with van der Waals surface area (Å²) in [5.74, 6) is 1.81. The van der Waals surface area contributed by atoms with Crippen LogP contribution in [0.15, 0.2) is 0 Å². The first-order chi connectivity index (χ1) is 11.7. The molecule has 0 aromatic heterocycles. The Balaban J connectivity index is 1.30. The topological polar surface area (TPSA) is 33.2 Å². The number of nitrogens with zero attached hydrogens (tertiary/aromatic N) is 4. The highest BCUT2D eigenvalue weighted by atomic mass is 16.3. The van der Waals surface area contributed by atoms with Gasteiger partial charge in [-0.05, 0) is 70.7 Å². The standard InChI is InChI=1S/C19H38N4O/c1-20-6-2-18(3-7-20)16-22-10-12-23(13-11-22)17-19-4-8-21(9-5-19)14-15-24/h18-19,24H,2-17H2,1H3. The molecule has 0 aliphatic carbocycles. The minimum atomic E-state index is 0.309. The summed E-state index contributed by atoms with van der Waals surface area (Å²) in [5, 5.41) is 9.04. The van der Waals surface area contributed by atoms with Crippen molar-refractivity contribution in [1.82, 2.24) is 19.6 Å². The minimum Gasteiger partial charge on any atom is -0.395 e.